The van der Waals surface area contributed by atoms with E-state index in [1.54, 1.807) is 51.1 Å². The van der Waals surface area contributed by atoms with E-state index in [1.165, 1.54) is 11.3 Å². The number of rotatable bonds is 5. The van der Waals surface area contributed by atoms with Crippen molar-refractivity contribution in [2.45, 2.75) is 37.8 Å². The summed E-state index contributed by atoms with van der Waals surface area (Å²) in [6, 6.07) is 10.4. The van der Waals surface area contributed by atoms with Gasteiger partial charge in [0.15, 0.2) is 9.84 Å². The van der Waals surface area contributed by atoms with E-state index >= 15 is 0 Å². The maximum Gasteiger partial charge on any atom is 0.225 e. The van der Waals surface area contributed by atoms with Crippen molar-refractivity contribution in [3.63, 3.8) is 0 Å². The molecule has 0 aliphatic heterocycles. The highest BCUT2D eigenvalue weighted by molar-refractivity contribution is 7.91. The number of amides is 1. The van der Waals surface area contributed by atoms with Gasteiger partial charge in [-0.3, -0.25) is 4.79 Å². The maximum atomic E-state index is 13.1. The van der Waals surface area contributed by atoms with Crippen molar-refractivity contribution in [3.05, 3.63) is 52.2 Å². The molecule has 2 aromatic rings. The quantitative estimate of drug-likeness (QED) is 0.878. The highest BCUT2D eigenvalue weighted by atomic mass is 32.2. The van der Waals surface area contributed by atoms with Crippen molar-refractivity contribution in [2.75, 3.05) is 6.54 Å². The van der Waals surface area contributed by atoms with Crippen LogP contribution in [0.3, 0.4) is 0 Å². The number of carbonyl (C=O) groups is 1. The first-order valence-corrected chi connectivity index (χ1v) is 10.2. The number of sulfone groups is 1. The minimum absolute atomic E-state index is 0.0623. The second-order valence-corrected chi connectivity index (χ2v) is 9.93. The van der Waals surface area contributed by atoms with Gasteiger partial charge < -0.3 is 5.32 Å². The summed E-state index contributed by atoms with van der Waals surface area (Å²) in [6.45, 7) is 7.38. The molecule has 0 aliphatic rings. The molecule has 1 atom stereocenters. The Bertz CT molecular complexity index is 786. The monoisotopic (exact) mass is 365 g/mol. The van der Waals surface area contributed by atoms with Gasteiger partial charge in [-0.15, -0.1) is 11.3 Å². The van der Waals surface area contributed by atoms with Gasteiger partial charge in [-0.05, 0) is 30.5 Å². The number of thiophene rings is 1. The van der Waals surface area contributed by atoms with Crippen molar-refractivity contribution in [3.8, 4) is 0 Å². The van der Waals surface area contributed by atoms with Gasteiger partial charge in [0.1, 0.15) is 5.25 Å². The Kier molecular flexibility index (Phi) is 5.50. The Labute approximate surface area is 147 Å². The van der Waals surface area contributed by atoms with E-state index < -0.39 is 20.5 Å². The smallest absolute Gasteiger partial charge is 0.225 e. The van der Waals surface area contributed by atoms with Gasteiger partial charge in [0.25, 0.3) is 0 Å². The third-order valence-corrected chi connectivity index (χ3v) is 6.95. The zero-order valence-corrected chi connectivity index (χ0v) is 16.0. The fraction of sp³-hybridized carbons (Fsp3) is 0.389. The Morgan fingerprint density at radius 2 is 1.79 bits per heavy atom. The summed E-state index contributed by atoms with van der Waals surface area (Å²) in [5.74, 6) is -0.164. The van der Waals surface area contributed by atoms with Crippen LogP contribution in [-0.2, 0) is 14.6 Å². The average molecular weight is 366 g/mol. The summed E-state index contributed by atoms with van der Waals surface area (Å²) >= 11 is 1.38. The minimum atomic E-state index is -3.59. The molecule has 1 heterocycles. The number of carbonyl (C=O) groups excluding carboxylic acids is 1. The summed E-state index contributed by atoms with van der Waals surface area (Å²) in [6.07, 6.45) is 0. The van der Waals surface area contributed by atoms with E-state index in [0.29, 0.717) is 0 Å². The van der Waals surface area contributed by atoms with Crippen LogP contribution >= 0.6 is 11.3 Å². The standard InChI is InChI=1S/C18H23NO3S2/c1-13-7-9-14(10-8-13)24(21,22)16(15-6-5-11-23-15)12-19-17(20)18(2,3)4/h5-11,16H,12H2,1-4H3,(H,19,20). The van der Waals surface area contributed by atoms with E-state index in [4.69, 9.17) is 0 Å². The van der Waals surface area contributed by atoms with Crippen molar-refractivity contribution in [2.24, 2.45) is 5.41 Å². The molecule has 1 aromatic carbocycles. The van der Waals surface area contributed by atoms with Gasteiger partial charge in [-0.1, -0.05) is 44.5 Å². The van der Waals surface area contributed by atoms with Crippen LogP contribution in [0.1, 0.15) is 36.5 Å². The van der Waals surface area contributed by atoms with Gasteiger partial charge in [0.2, 0.25) is 5.91 Å². The molecule has 0 bridgehead atoms. The van der Waals surface area contributed by atoms with Crippen LogP contribution in [0.15, 0.2) is 46.7 Å². The van der Waals surface area contributed by atoms with Crippen LogP contribution < -0.4 is 5.32 Å². The second kappa shape index (κ2) is 7.07. The summed E-state index contributed by atoms with van der Waals surface area (Å²) in [5.41, 5.74) is 0.441. The zero-order valence-electron chi connectivity index (χ0n) is 14.4. The third-order valence-electron chi connectivity index (χ3n) is 3.71. The van der Waals surface area contributed by atoms with Gasteiger partial charge in [0, 0.05) is 16.8 Å². The molecule has 1 amide bonds. The molecule has 130 valence electrons. The molecule has 0 saturated carbocycles. The lowest BCUT2D eigenvalue weighted by atomic mass is 9.96. The first kappa shape index (κ1) is 18.7. The molecule has 1 unspecified atom stereocenters. The average Bonchev–Trinajstić information content (AvgIpc) is 3.00. The fourth-order valence-corrected chi connectivity index (χ4v) is 4.96. The van der Waals surface area contributed by atoms with Gasteiger partial charge in [-0.2, -0.15) is 0 Å². The Hall–Kier alpha value is -1.66. The van der Waals surface area contributed by atoms with Crippen LogP contribution in [0.2, 0.25) is 0 Å². The largest absolute Gasteiger partial charge is 0.354 e. The van der Waals surface area contributed by atoms with Crippen LogP contribution in [0.25, 0.3) is 0 Å². The molecule has 24 heavy (non-hydrogen) atoms. The van der Waals surface area contributed by atoms with E-state index in [0.717, 1.165) is 10.4 Å². The molecule has 0 saturated heterocycles. The minimum Gasteiger partial charge on any atom is -0.354 e. The summed E-state index contributed by atoms with van der Waals surface area (Å²) in [5, 5.41) is 3.85. The molecule has 6 heteroatoms. The normalized spacial score (nSPS) is 13.5. The SMILES string of the molecule is Cc1ccc(S(=O)(=O)C(CNC(=O)C(C)(C)C)c2cccs2)cc1. The van der Waals surface area contributed by atoms with E-state index in [9.17, 15) is 13.2 Å². The summed E-state index contributed by atoms with van der Waals surface area (Å²) < 4.78 is 26.1. The lowest BCUT2D eigenvalue weighted by Crippen LogP contribution is -2.38. The van der Waals surface area contributed by atoms with Crippen molar-refractivity contribution in [1.82, 2.24) is 5.32 Å². The lowest BCUT2D eigenvalue weighted by Gasteiger charge is -2.22. The Morgan fingerprint density at radius 3 is 2.29 bits per heavy atom. The first-order valence-electron chi connectivity index (χ1n) is 7.74. The van der Waals surface area contributed by atoms with Gasteiger partial charge >= 0.3 is 0 Å². The molecule has 4 nitrogen and oxygen atoms in total. The third kappa shape index (κ3) is 4.24. The number of benzene rings is 1. The van der Waals surface area contributed by atoms with Crippen LogP contribution in [0.4, 0.5) is 0 Å². The van der Waals surface area contributed by atoms with E-state index in [2.05, 4.69) is 5.32 Å². The lowest BCUT2D eigenvalue weighted by molar-refractivity contribution is -0.128. The number of hydrogen-bond acceptors (Lipinski definition) is 4. The van der Waals surface area contributed by atoms with E-state index in [-0.39, 0.29) is 17.3 Å². The Morgan fingerprint density at radius 1 is 1.17 bits per heavy atom. The first-order chi connectivity index (χ1) is 11.1. The molecule has 0 fully saturated rings. The molecule has 0 radical (unpaired) electrons. The molecular formula is C18H23NO3S2. The molecule has 1 N–H and O–H groups in total. The van der Waals surface area contributed by atoms with Gasteiger partial charge in [0.05, 0.1) is 4.90 Å². The van der Waals surface area contributed by atoms with Crippen molar-refractivity contribution in [1.29, 1.82) is 0 Å². The van der Waals surface area contributed by atoms with E-state index in [1.807, 2.05) is 18.4 Å². The van der Waals surface area contributed by atoms with Crippen molar-refractivity contribution >= 4 is 27.1 Å². The highest BCUT2D eigenvalue weighted by Crippen LogP contribution is 2.31. The second-order valence-electron chi connectivity index (χ2n) is 6.82. The number of nitrogens with one attached hydrogen (secondary N) is 1. The zero-order chi connectivity index (χ0) is 18.0. The van der Waals surface area contributed by atoms with Gasteiger partial charge in [-0.25, -0.2) is 8.42 Å². The molecule has 0 aliphatic carbocycles. The molecule has 2 rings (SSSR count). The maximum absolute atomic E-state index is 13.1. The molecule has 0 spiro atoms. The molecule has 1 aromatic heterocycles. The molecular weight excluding hydrogens is 342 g/mol. The Balaban J connectivity index is 2.33. The predicted octanol–water partition coefficient (Wildman–Crippen LogP) is 3.73. The van der Waals surface area contributed by atoms with Crippen LogP contribution in [0.5, 0.6) is 0 Å². The number of hydrogen-bond donors (Lipinski definition) is 1. The van der Waals surface area contributed by atoms with Crippen molar-refractivity contribution < 1.29 is 13.2 Å². The topological polar surface area (TPSA) is 63.2 Å². The van der Waals surface area contributed by atoms with Crippen LogP contribution in [0, 0.1) is 12.3 Å². The number of aryl methyl sites for hydroxylation is 1. The fourth-order valence-electron chi connectivity index (χ4n) is 2.18. The predicted molar refractivity (Wildman–Crippen MR) is 97.9 cm³/mol. The highest BCUT2D eigenvalue weighted by Gasteiger charge is 2.31. The summed E-state index contributed by atoms with van der Waals surface area (Å²) in [7, 11) is -3.59. The van der Waals surface area contributed by atoms with Crippen LogP contribution in [-0.4, -0.2) is 20.9 Å². The summed E-state index contributed by atoms with van der Waals surface area (Å²) in [4.78, 5) is 13.1.